The Labute approximate surface area is 133 Å². The maximum Gasteiger partial charge on any atom is 0.238 e. The minimum Gasteiger partial charge on any atom is -0.325 e. The van der Waals surface area contributed by atoms with Crippen LogP contribution in [0.15, 0.2) is 29.8 Å². The SMILES string of the molecule is CCC(NCC(=O)Nc1cc(Cl)ccc1C)c1nccs1. The van der Waals surface area contributed by atoms with Crippen molar-refractivity contribution in [2.24, 2.45) is 0 Å². The molecule has 1 unspecified atom stereocenters. The lowest BCUT2D eigenvalue weighted by Crippen LogP contribution is -2.31. The average molecular weight is 324 g/mol. The Hall–Kier alpha value is -1.43. The summed E-state index contributed by atoms with van der Waals surface area (Å²) >= 11 is 7.54. The molecule has 2 aromatic rings. The number of hydrogen-bond acceptors (Lipinski definition) is 4. The van der Waals surface area contributed by atoms with Gasteiger partial charge >= 0.3 is 0 Å². The van der Waals surface area contributed by atoms with Gasteiger partial charge in [0, 0.05) is 22.3 Å². The van der Waals surface area contributed by atoms with E-state index < -0.39 is 0 Å². The van der Waals surface area contributed by atoms with Crippen molar-refractivity contribution in [1.29, 1.82) is 0 Å². The molecule has 21 heavy (non-hydrogen) atoms. The average Bonchev–Trinajstić information content (AvgIpc) is 2.98. The monoisotopic (exact) mass is 323 g/mol. The number of amides is 1. The quantitative estimate of drug-likeness (QED) is 0.850. The van der Waals surface area contributed by atoms with E-state index in [1.54, 1.807) is 29.7 Å². The van der Waals surface area contributed by atoms with Crippen molar-refractivity contribution < 1.29 is 4.79 Å². The smallest absolute Gasteiger partial charge is 0.238 e. The highest BCUT2D eigenvalue weighted by Gasteiger charge is 2.13. The van der Waals surface area contributed by atoms with E-state index in [1.165, 1.54) is 0 Å². The lowest BCUT2D eigenvalue weighted by atomic mass is 10.2. The van der Waals surface area contributed by atoms with Gasteiger partial charge in [-0.25, -0.2) is 4.98 Å². The van der Waals surface area contributed by atoms with Crippen LogP contribution in [-0.2, 0) is 4.79 Å². The van der Waals surface area contributed by atoms with E-state index >= 15 is 0 Å². The second-order valence-corrected chi connectivity index (χ2v) is 6.08. The Morgan fingerprint density at radius 3 is 2.95 bits per heavy atom. The number of carbonyl (C=O) groups excluding carboxylic acids is 1. The van der Waals surface area contributed by atoms with Crippen molar-refractivity contribution in [2.75, 3.05) is 11.9 Å². The number of rotatable bonds is 6. The Balaban J connectivity index is 1.91. The molecule has 1 aromatic heterocycles. The van der Waals surface area contributed by atoms with Crippen molar-refractivity contribution in [3.63, 3.8) is 0 Å². The molecule has 4 nitrogen and oxygen atoms in total. The second-order valence-electron chi connectivity index (χ2n) is 4.72. The van der Waals surface area contributed by atoms with Crippen LogP contribution in [0, 0.1) is 6.92 Å². The summed E-state index contributed by atoms with van der Waals surface area (Å²) < 4.78 is 0. The van der Waals surface area contributed by atoms with Gasteiger partial charge in [-0.2, -0.15) is 0 Å². The number of thiazole rings is 1. The summed E-state index contributed by atoms with van der Waals surface area (Å²) in [7, 11) is 0. The van der Waals surface area contributed by atoms with E-state index in [1.807, 2.05) is 18.4 Å². The van der Waals surface area contributed by atoms with Crippen molar-refractivity contribution in [3.8, 4) is 0 Å². The van der Waals surface area contributed by atoms with Crippen LogP contribution in [0.3, 0.4) is 0 Å². The van der Waals surface area contributed by atoms with Crippen molar-refractivity contribution in [2.45, 2.75) is 26.3 Å². The van der Waals surface area contributed by atoms with Crippen LogP contribution in [0.1, 0.15) is 30.0 Å². The summed E-state index contributed by atoms with van der Waals surface area (Å²) in [4.78, 5) is 16.3. The first-order valence-electron chi connectivity index (χ1n) is 6.79. The van der Waals surface area contributed by atoms with Crippen LogP contribution in [-0.4, -0.2) is 17.4 Å². The fourth-order valence-electron chi connectivity index (χ4n) is 1.95. The second kappa shape index (κ2) is 7.54. The van der Waals surface area contributed by atoms with Gasteiger partial charge in [-0.3, -0.25) is 10.1 Å². The molecule has 0 saturated carbocycles. The summed E-state index contributed by atoms with van der Waals surface area (Å²) in [5.74, 6) is -0.0876. The van der Waals surface area contributed by atoms with Gasteiger partial charge < -0.3 is 5.32 Å². The summed E-state index contributed by atoms with van der Waals surface area (Å²) in [6.45, 7) is 4.24. The van der Waals surface area contributed by atoms with Crippen LogP contribution in [0.4, 0.5) is 5.69 Å². The summed E-state index contributed by atoms with van der Waals surface area (Å²) in [6, 6.07) is 5.56. The van der Waals surface area contributed by atoms with E-state index in [4.69, 9.17) is 11.6 Å². The summed E-state index contributed by atoms with van der Waals surface area (Å²) in [6.07, 6.45) is 2.66. The van der Waals surface area contributed by atoms with Crippen molar-refractivity contribution in [3.05, 3.63) is 45.4 Å². The lowest BCUT2D eigenvalue weighted by Gasteiger charge is -2.15. The largest absolute Gasteiger partial charge is 0.325 e. The Bertz CT molecular complexity index is 601. The molecule has 1 atom stereocenters. The fourth-order valence-corrected chi connectivity index (χ4v) is 2.92. The van der Waals surface area contributed by atoms with E-state index in [0.29, 0.717) is 5.02 Å². The molecule has 1 amide bonds. The number of aryl methyl sites for hydroxylation is 1. The van der Waals surface area contributed by atoms with E-state index in [9.17, 15) is 4.79 Å². The number of halogens is 1. The predicted molar refractivity (Wildman–Crippen MR) is 88.0 cm³/mol. The third-order valence-corrected chi connectivity index (χ3v) is 4.26. The first-order chi connectivity index (χ1) is 10.1. The summed E-state index contributed by atoms with van der Waals surface area (Å²) in [5.41, 5.74) is 1.73. The van der Waals surface area contributed by atoms with Gasteiger partial charge in [-0.15, -0.1) is 11.3 Å². The molecule has 0 saturated heterocycles. The van der Waals surface area contributed by atoms with Gasteiger partial charge in [0.05, 0.1) is 12.6 Å². The molecule has 0 fully saturated rings. The van der Waals surface area contributed by atoms with Gasteiger partial charge in [-0.1, -0.05) is 24.6 Å². The van der Waals surface area contributed by atoms with E-state index in [0.717, 1.165) is 22.7 Å². The molecule has 0 radical (unpaired) electrons. The molecule has 2 rings (SSSR count). The van der Waals surface area contributed by atoms with Crippen LogP contribution < -0.4 is 10.6 Å². The van der Waals surface area contributed by atoms with Gasteiger partial charge in [0.2, 0.25) is 5.91 Å². The molecule has 112 valence electrons. The maximum absolute atomic E-state index is 12.0. The topological polar surface area (TPSA) is 54.0 Å². The molecular weight excluding hydrogens is 306 g/mol. The highest BCUT2D eigenvalue weighted by Crippen LogP contribution is 2.20. The summed E-state index contributed by atoms with van der Waals surface area (Å²) in [5, 5.41) is 9.65. The van der Waals surface area contributed by atoms with Gasteiger partial charge in [0.1, 0.15) is 5.01 Å². The first kappa shape index (κ1) is 15.9. The Morgan fingerprint density at radius 1 is 1.48 bits per heavy atom. The molecule has 0 aliphatic carbocycles. The van der Waals surface area contributed by atoms with Crippen LogP contribution in [0.2, 0.25) is 5.02 Å². The van der Waals surface area contributed by atoms with Crippen molar-refractivity contribution >= 4 is 34.5 Å². The van der Waals surface area contributed by atoms with Crippen LogP contribution in [0.25, 0.3) is 0 Å². The molecule has 1 heterocycles. The fraction of sp³-hybridized carbons (Fsp3) is 0.333. The number of nitrogens with one attached hydrogen (secondary N) is 2. The molecule has 0 bridgehead atoms. The highest BCUT2D eigenvalue weighted by atomic mass is 35.5. The number of benzene rings is 1. The van der Waals surface area contributed by atoms with E-state index in [-0.39, 0.29) is 18.5 Å². The number of carbonyl (C=O) groups is 1. The number of anilines is 1. The Morgan fingerprint density at radius 2 is 2.29 bits per heavy atom. The maximum atomic E-state index is 12.0. The van der Waals surface area contributed by atoms with Gasteiger partial charge in [0.25, 0.3) is 0 Å². The third kappa shape index (κ3) is 4.52. The zero-order chi connectivity index (χ0) is 15.2. The highest BCUT2D eigenvalue weighted by molar-refractivity contribution is 7.09. The molecule has 0 spiro atoms. The first-order valence-corrected chi connectivity index (χ1v) is 8.04. The van der Waals surface area contributed by atoms with Crippen molar-refractivity contribution in [1.82, 2.24) is 10.3 Å². The third-order valence-electron chi connectivity index (χ3n) is 3.14. The van der Waals surface area contributed by atoms with E-state index in [2.05, 4.69) is 22.5 Å². The normalized spacial score (nSPS) is 12.1. The number of nitrogens with zero attached hydrogens (tertiary/aromatic N) is 1. The van der Waals surface area contributed by atoms with Crippen LogP contribution in [0.5, 0.6) is 0 Å². The standard InChI is InChI=1S/C15H18ClN3OS/c1-3-12(15-17-6-7-21-15)18-9-14(20)19-13-8-11(16)5-4-10(13)2/h4-8,12,18H,3,9H2,1-2H3,(H,19,20). The number of aromatic nitrogens is 1. The molecule has 1 aromatic carbocycles. The molecule has 2 N–H and O–H groups in total. The molecule has 6 heteroatoms. The lowest BCUT2D eigenvalue weighted by molar-refractivity contribution is -0.115. The zero-order valence-corrected chi connectivity index (χ0v) is 13.6. The number of hydrogen-bond donors (Lipinski definition) is 2. The predicted octanol–water partition coefficient (Wildman–Crippen LogP) is 3.78. The zero-order valence-electron chi connectivity index (χ0n) is 12.0. The molecule has 0 aliphatic rings. The van der Waals surface area contributed by atoms with Gasteiger partial charge in [-0.05, 0) is 31.0 Å². The molecule has 0 aliphatic heterocycles. The minimum atomic E-state index is -0.0876. The van der Waals surface area contributed by atoms with Gasteiger partial charge in [0.15, 0.2) is 0 Å². The minimum absolute atomic E-state index is 0.0876. The van der Waals surface area contributed by atoms with Crippen LogP contribution >= 0.6 is 22.9 Å². The molecular formula is C15H18ClN3OS. The Kier molecular flexibility index (Phi) is 5.73.